The normalized spacial score (nSPS) is 13.8. The highest BCUT2D eigenvalue weighted by molar-refractivity contribution is 5.61. The van der Waals surface area contributed by atoms with Crippen LogP contribution in [0.2, 0.25) is 0 Å². The van der Waals surface area contributed by atoms with Gasteiger partial charge < -0.3 is 9.84 Å². The molecule has 0 unspecified atom stereocenters. The lowest BCUT2D eigenvalue weighted by molar-refractivity contribution is -0.296. The smallest absolute Gasteiger partial charge is 0.449 e. The molecule has 0 amide bonds. The van der Waals surface area contributed by atoms with Crippen LogP contribution in [0.1, 0.15) is 11.5 Å². The van der Waals surface area contributed by atoms with Crippen molar-refractivity contribution in [2.75, 3.05) is 0 Å². The van der Waals surface area contributed by atoms with Gasteiger partial charge in [-0.15, -0.1) is 0 Å². The minimum absolute atomic E-state index is 0.467. The van der Waals surface area contributed by atoms with Gasteiger partial charge in [0.1, 0.15) is 0 Å². The average molecular weight is 376 g/mol. The number of hydrogen-bond acceptors (Lipinski definition) is 4. The van der Waals surface area contributed by atoms with E-state index in [9.17, 15) is 48.7 Å². The molecule has 0 saturated heterocycles. The van der Waals surface area contributed by atoms with Crippen LogP contribution >= 0.6 is 0 Å². The molecule has 0 saturated carbocycles. The molecule has 5 nitrogen and oxygen atoms in total. The van der Waals surface area contributed by atoms with Gasteiger partial charge in [-0.2, -0.15) is 43.9 Å². The molecule has 1 N–H and O–H groups in total. The molecule has 0 atom stereocenters. The Morgan fingerprint density at radius 3 is 1.75 bits per heavy atom. The average Bonchev–Trinajstić information content (AvgIpc) is 2.35. The first kappa shape index (κ1) is 19.7. The molecule has 0 radical (unpaired) electrons. The van der Waals surface area contributed by atoms with E-state index in [-0.39, 0.29) is 0 Å². The number of carbonyl (C=O) groups is 1. The monoisotopic (exact) mass is 376 g/mol. The van der Waals surface area contributed by atoms with Gasteiger partial charge in [-0.25, -0.2) is 14.8 Å². The highest BCUT2D eigenvalue weighted by Gasteiger charge is 2.64. The molecule has 24 heavy (non-hydrogen) atoms. The van der Waals surface area contributed by atoms with E-state index in [0.717, 1.165) is 0 Å². The van der Waals surface area contributed by atoms with Gasteiger partial charge in [0.05, 0.1) is 6.20 Å². The van der Waals surface area contributed by atoms with Crippen molar-refractivity contribution in [3.63, 3.8) is 0 Å². The second-order valence-corrected chi connectivity index (χ2v) is 3.92. The molecule has 0 aromatic carbocycles. The molecule has 1 rings (SSSR count). The lowest BCUT2D eigenvalue weighted by atomic mass is 10.2. The van der Waals surface area contributed by atoms with E-state index in [4.69, 9.17) is 5.11 Å². The minimum Gasteiger partial charge on any atom is -0.449 e. The maximum Gasteiger partial charge on any atom is 0.511 e. The van der Waals surface area contributed by atoms with Crippen molar-refractivity contribution >= 4 is 6.16 Å². The Labute approximate surface area is 123 Å². The summed E-state index contributed by atoms with van der Waals surface area (Å²) in [6.07, 6.45) is -15.8. The van der Waals surface area contributed by atoms with Crippen LogP contribution in [-0.2, 0) is 11.8 Å². The highest BCUT2D eigenvalue weighted by Crippen LogP contribution is 2.48. The van der Waals surface area contributed by atoms with Crippen molar-refractivity contribution in [1.29, 1.82) is 0 Å². The van der Waals surface area contributed by atoms with Gasteiger partial charge in [0.25, 0.3) is 0 Å². The molecule has 1 heterocycles. The molecular formula is C9H2F10N2O3. The lowest BCUT2D eigenvalue weighted by Crippen LogP contribution is -2.39. The number of carboxylic acid groups (broad SMARTS) is 1. The number of ether oxygens (including phenoxy) is 1. The summed E-state index contributed by atoms with van der Waals surface area (Å²) < 4.78 is 129. The van der Waals surface area contributed by atoms with Crippen molar-refractivity contribution in [2.24, 2.45) is 0 Å². The zero-order valence-corrected chi connectivity index (χ0v) is 10.5. The zero-order valence-electron chi connectivity index (χ0n) is 10.5. The Balaban J connectivity index is 3.64. The quantitative estimate of drug-likeness (QED) is 0.641. The zero-order chi connectivity index (χ0) is 19.1. The Morgan fingerprint density at radius 2 is 1.38 bits per heavy atom. The molecular weight excluding hydrogens is 374 g/mol. The molecule has 0 aliphatic carbocycles. The van der Waals surface area contributed by atoms with Crippen molar-refractivity contribution in [3.8, 4) is 5.75 Å². The first-order valence-corrected chi connectivity index (χ1v) is 5.19. The maximum absolute atomic E-state index is 13.2. The van der Waals surface area contributed by atoms with Gasteiger partial charge in [-0.1, -0.05) is 0 Å². The third-order valence-corrected chi connectivity index (χ3v) is 2.24. The Bertz CT molecular complexity index is 639. The SMILES string of the molecule is O=C(O)Oc1cnc(C(F)(F)C(F)(F)F)nc1C(F)(F)C(F)(F)F. The first-order valence-electron chi connectivity index (χ1n) is 5.19. The van der Waals surface area contributed by atoms with E-state index in [1.54, 1.807) is 0 Å². The maximum atomic E-state index is 13.2. The van der Waals surface area contributed by atoms with Gasteiger partial charge in [-0.3, -0.25) is 0 Å². The van der Waals surface area contributed by atoms with Crippen molar-refractivity contribution in [3.05, 3.63) is 17.7 Å². The fourth-order valence-electron chi connectivity index (χ4n) is 1.18. The van der Waals surface area contributed by atoms with Crippen molar-refractivity contribution < 1.29 is 58.5 Å². The third-order valence-electron chi connectivity index (χ3n) is 2.24. The molecule has 1 aromatic rings. The molecule has 1 aromatic heterocycles. The fraction of sp³-hybridized carbons (Fsp3) is 0.444. The summed E-state index contributed by atoms with van der Waals surface area (Å²) in [6, 6.07) is 0. The number of hydrogen-bond donors (Lipinski definition) is 1. The third kappa shape index (κ3) is 3.43. The summed E-state index contributed by atoms with van der Waals surface area (Å²) in [4.78, 5) is 14.3. The van der Waals surface area contributed by atoms with Crippen LogP contribution in [0.5, 0.6) is 5.75 Å². The minimum atomic E-state index is -6.50. The van der Waals surface area contributed by atoms with Gasteiger partial charge >= 0.3 is 30.4 Å². The van der Waals surface area contributed by atoms with Gasteiger partial charge in [0.15, 0.2) is 11.4 Å². The van der Waals surface area contributed by atoms with E-state index >= 15 is 0 Å². The molecule has 0 bridgehead atoms. The van der Waals surface area contributed by atoms with E-state index < -0.39 is 53.8 Å². The standard InChI is InChI=1S/C9H2F10N2O3/c10-6(11,8(14,15)16)3-2(24-5(22)23)1-20-4(21-3)7(12,13)9(17,18)19/h1H,(H,22,23). The van der Waals surface area contributed by atoms with E-state index in [1.165, 1.54) is 0 Å². The second-order valence-electron chi connectivity index (χ2n) is 3.92. The van der Waals surface area contributed by atoms with Crippen LogP contribution in [0.15, 0.2) is 6.20 Å². The van der Waals surface area contributed by atoms with Gasteiger partial charge in [0.2, 0.25) is 5.82 Å². The summed E-state index contributed by atoms with van der Waals surface area (Å²) in [6.45, 7) is 0. The summed E-state index contributed by atoms with van der Waals surface area (Å²) in [7, 11) is 0. The Morgan fingerprint density at radius 1 is 0.917 bits per heavy atom. The molecule has 0 aliphatic heterocycles. The largest absolute Gasteiger partial charge is 0.511 e. The van der Waals surface area contributed by atoms with Crippen LogP contribution in [0.4, 0.5) is 48.7 Å². The van der Waals surface area contributed by atoms with Crippen LogP contribution in [-0.4, -0.2) is 33.6 Å². The highest BCUT2D eigenvalue weighted by atomic mass is 19.4. The van der Waals surface area contributed by atoms with Crippen LogP contribution in [0, 0.1) is 0 Å². The fourth-order valence-corrected chi connectivity index (χ4v) is 1.18. The predicted molar refractivity (Wildman–Crippen MR) is 50.6 cm³/mol. The number of aromatic nitrogens is 2. The van der Waals surface area contributed by atoms with E-state index in [0.29, 0.717) is 0 Å². The van der Waals surface area contributed by atoms with Crippen LogP contribution in [0.3, 0.4) is 0 Å². The lowest BCUT2D eigenvalue weighted by Gasteiger charge is -2.23. The molecule has 0 fully saturated rings. The summed E-state index contributed by atoms with van der Waals surface area (Å²) in [5, 5.41) is 8.19. The van der Waals surface area contributed by atoms with E-state index in [1.807, 2.05) is 4.98 Å². The molecule has 136 valence electrons. The molecule has 0 aliphatic rings. The van der Waals surface area contributed by atoms with E-state index in [2.05, 4.69) is 9.72 Å². The Hall–Kier alpha value is -2.35. The number of rotatable bonds is 3. The summed E-state index contributed by atoms with van der Waals surface area (Å²) >= 11 is 0. The van der Waals surface area contributed by atoms with Crippen LogP contribution in [0.25, 0.3) is 0 Å². The second kappa shape index (κ2) is 5.62. The first-order chi connectivity index (χ1) is 10.5. The number of nitrogens with zero attached hydrogens (tertiary/aromatic N) is 2. The Kier molecular flexibility index (Phi) is 4.62. The van der Waals surface area contributed by atoms with Crippen LogP contribution < -0.4 is 4.74 Å². The molecule has 15 heteroatoms. The number of halogens is 10. The predicted octanol–water partition coefficient (Wildman–Crippen LogP) is 3.84. The van der Waals surface area contributed by atoms with Gasteiger partial charge in [0, 0.05) is 0 Å². The number of alkyl halides is 10. The summed E-state index contributed by atoms with van der Waals surface area (Å²) in [5.74, 6) is -16.8. The van der Waals surface area contributed by atoms with Crippen molar-refractivity contribution in [2.45, 2.75) is 24.2 Å². The van der Waals surface area contributed by atoms with Crippen molar-refractivity contribution in [1.82, 2.24) is 9.97 Å². The summed E-state index contributed by atoms with van der Waals surface area (Å²) in [5.41, 5.74) is -2.81. The van der Waals surface area contributed by atoms with Gasteiger partial charge in [-0.05, 0) is 0 Å². The molecule has 0 spiro atoms. The topological polar surface area (TPSA) is 72.3 Å².